The van der Waals surface area contributed by atoms with Crippen LogP contribution in [0.2, 0.25) is 0 Å². The SMILES string of the molecule is Cc1ccc(-c2nn3c(C)nnc3s2)cc1N=C(N)N=C(N)N. The topological polar surface area (TPSA) is 146 Å². The molecule has 0 aliphatic heterocycles. The summed E-state index contributed by atoms with van der Waals surface area (Å²) in [5.74, 6) is 0.605. The Bertz CT molecular complexity index is 930. The highest BCUT2D eigenvalue weighted by molar-refractivity contribution is 7.19. The second-order valence-electron chi connectivity index (χ2n) is 4.86. The summed E-state index contributed by atoms with van der Waals surface area (Å²) in [6.07, 6.45) is 0. The van der Waals surface area contributed by atoms with Gasteiger partial charge in [0, 0.05) is 5.56 Å². The molecular weight excluding hydrogens is 314 g/mol. The van der Waals surface area contributed by atoms with Gasteiger partial charge in [-0.15, -0.1) is 10.2 Å². The molecule has 10 heteroatoms. The van der Waals surface area contributed by atoms with Gasteiger partial charge in [-0.05, 0) is 25.5 Å². The van der Waals surface area contributed by atoms with Crippen molar-refractivity contribution in [3.8, 4) is 10.6 Å². The highest BCUT2D eigenvalue weighted by Gasteiger charge is 2.11. The number of aryl methyl sites for hydroxylation is 2. The smallest absolute Gasteiger partial charge is 0.234 e. The fourth-order valence-corrected chi connectivity index (χ4v) is 2.86. The number of fused-ring (bicyclic) bond motifs is 1. The first-order valence-electron chi connectivity index (χ1n) is 6.67. The molecule has 0 fully saturated rings. The van der Waals surface area contributed by atoms with Crippen molar-refractivity contribution in [2.75, 3.05) is 0 Å². The summed E-state index contributed by atoms with van der Waals surface area (Å²) in [5, 5.41) is 13.4. The van der Waals surface area contributed by atoms with Gasteiger partial charge in [-0.1, -0.05) is 23.5 Å². The number of benzene rings is 1. The minimum atomic E-state index is -0.135. The molecule has 0 aliphatic carbocycles. The zero-order chi connectivity index (χ0) is 16.6. The molecule has 3 aromatic rings. The van der Waals surface area contributed by atoms with Crippen LogP contribution in [0, 0.1) is 13.8 Å². The summed E-state index contributed by atoms with van der Waals surface area (Å²) in [6.45, 7) is 3.78. The lowest BCUT2D eigenvalue weighted by molar-refractivity contribution is 0.898. The van der Waals surface area contributed by atoms with E-state index in [0.29, 0.717) is 5.69 Å². The summed E-state index contributed by atoms with van der Waals surface area (Å²) >= 11 is 1.45. The summed E-state index contributed by atoms with van der Waals surface area (Å²) < 4.78 is 1.70. The van der Waals surface area contributed by atoms with Crippen molar-refractivity contribution in [2.45, 2.75) is 13.8 Å². The molecule has 0 spiro atoms. The van der Waals surface area contributed by atoms with Crippen LogP contribution >= 0.6 is 11.3 Å². The lowest BCUT2D eigenvalue weighted by Gasteiger charge is -2.03. The Kier molecular flexibility index (Phi) is 3.66. The average Bonchev–Trinajstić information content (AvgIpc) is 3.03. The summed E-state index contributed by atoms with van der Waals surface area (Å²) in [7, 11) is 0. The molecule has 3 rings (SSSR count). The maximum Gasteiger partial charge on any atom is 0.234 e. The van der Waals surface area contributed by atoms with Gasteiger partial charge in [-0.25, -0.2) is 4.99 Å². The Morgan fingerprint density at radius 2 is 1.96 bits per heavy atom. The minimum absolute atomic E-state index is 0.000707. The molecule has 118 valence electrons. The first-order chi connectivity index (χ1) is 10.9. The normalized spacial score (nSPS) is 11.8. The molecule has 6 N–H and O–H groups in total. The number of guanidine groups is 2. The molecule has 23 heavy (non-hydrogen) atoms. The van der Waals surface area contributed by atoms with Crippen molar-refractivity contribution in [1.82, 2.24) is 19.8 Å². The zero-order valence-corrected chi connectivity index (χ0v) is 13.4. The van der Waals surface area contributed by atoms with Gasteiger partial charge in [0.15, 0.2) is 11.8 Å². The number of nitrogens with two attached hydrogens (primary N) is 3. The van der Waals surface area contributed by atoms with E-state index in [2.05, 4.69) is 25.3 Å². The van der Waals surface area contributed by atoms with Crippen molar-refractivity contribution in [2.24, 2.45) is 27.2 Å². The molecule has 0 radical (unpaired) electrons. The molecular formula is C13H15N9S. The lowest BCUT2D eigenvalue weighted by atomic mass is 10.1. The van der Waals surface area contributed by atoms with E-state index >= 15 is 0 Å². The number of aliphatic imine (C=N–C) groups is 2. The molecule has 2 aromatic heterocycles. The van der Waals surface area contributed by atoms with Gasteiger partial charge in [-0.2, -0.15) is 14.6 Å². The number of nitrogens with zero attached hydrogens (tertiary/aromatic N) is 6. The Morgan fingerprint density at radius 1 is 1.17 bits per heavy atom. The fourth-order valence-electron chi connectivity index (χ4n) is 1.97. The first kappa shape index (κ1) is 14.9. The quantitative estimate of drug-likeness (QED) is 0.465. The molecule has 0 unspecified atom stereocenters. The van der Waals surface area contributed by atoms with E-state index in [9.17, 15) is 0 Å². The predicted molar refractivity (Wildman–Crippen MR) is 90.7 cm³/mol. The monoisotopic (exact) mass is 329 g/mol. The van der Waals surface area contributed by atoms with E-state index in [4.69, 9.17) is 17.2 Å². The van der Waals surface area contributed by atoms with Gasteiger partial charge < -0.3 is 17.2 Å². The van der Waals surface area contributed by atoms with Crippen LogP contribution < -0.4 is 17.2 Å². The summed E-state index contributed by atoms with van der Waals surface area (Å²) in [4.78, 5) is 8.69. The minimum Gasteiger partial charge on any atom is -0.370 e. The molecule has 0 atom stereocenters. The second kappa shape index (κ2) is 5.65. The van der Waals surface area contributed by atoms with Crippen molar-refractivity contribution < 1.29 is 0 Å². The third kappa shape index (κ3) is 2.97. The van der Waals surface area contributed by atoms with Gasteiger partial charge in [0.25, 0.3) is 0 Å². The third-order valence-electron chi connectivity index (χ3n) is 3.08. The molecule has 0 amide bonds. The van der Waals surface area contributed by atoms with Gasteiger partial charge in [0.1, 0.15) is 5.01 Å². The van der Waals surface area contributed by atoms with E-state index < -0.39 is 0 Å². The number of hydrogen-bond acceptors (Lipinski definition) is 5. The van der Waals surface area contributed by atoms with E-state index in [1.165, 1.54) is 11.3 Å². The number of hydrogen-bond donors (Lipinski definition) is 3. The third-order valence-corrected chi connectivity index (χ3v) is 4.03. The van der Waals surface area contributed by atoms with Crippen LogP contribution in [0.3, 0.4) is 0 Å². The Hall–Kier alpha value is -3.01. The standard InChI is InChI=1S/C13H15N9S/c1-6-3-4-8(5-9(6)17-12(16)18-11(14)15)10-21-22-7(2)19-20-13(22)23-10/h3-5H,1-2H3,(H6,14,15,16,17,18). The predicted octanol–water partition coefficient (Wildman–Crippen LogP) is 0.689. The molecule has 0 saturated heterocycles. The Morgan fingerprint density at radius 3 is 2.65 bits per heavy atom. The van der Waals surface area contributed by atoms with Crippen LogP contribution in [0.4, 0.5) is 5.69 Å². The van der Waals surface area contributed by atoms with E-state index in [-0.39, 0.29) is 11.9 Å². The number of rotatable bonds is 2. The summed E-state index contributed by atoms with van der Waals surface area (Å²) in [6, 6.07) is 5.78. The van der Waals surface area contributed by atoms with Crippen LogP contribution in [0.25, 0.3) is 15.5 Å². The second-order valence-corrected chi connectivity index (χ2v) is 5.81. The van der Waals surface area contributed by atoms with Crippen LogP contribution in [0.5, 0.6) is 0 Å². The summed E-state index contributed by atoms with van der Waals surface area (Å²) in [5.41, 5.74) is 18.8. The van der Waals surface area contributed by atoms with Crippen molar-refractivity contribution in [1.29, 1.82) is 0 Å². The molecule has 0 saturated carbocycles. The Balaban J connectivity index is 2.04. The highest BCUT2D eigenvalue weighted by atomic mass is 32.1. The van der Waals surface area contributed by atoms with Crippen molar-refractivity contribution in [3.63, 3.8) is 0 Å². The molecule has 2 heterocycles. The number of aromatic nitrogens is 4. The van der Waals surface area contributed by atoms with Crippen molar-refractivity contribution >= 4 is 33.9 Å². The van der Waals surface area contributed by atoms with Crippen molar-refractivity contribution in [3.05, 3.63) is 29.6 Å². The largest absolute Gasteiger partial charge is 0.370 e. The van der Waals surface area contributed by atoms with Gasteiger partial charge in [0.05, 0.1) is 5.69 Å². The maximum atomic E-state index is 5.70. The molecule has 9 nitrogen and oxygen atoms in total. The molecule has 1 aromatic carbocycles. The van der Waals surface area contributed by atoms with Crippen LogP contribution in [-0.4, -0.2) is 31.7 Å². The lowest BCUT2D eigenvalue weighted by Crippen LogP contribution is -2.26. The van der Waals surface area contributed by atoms with E-state index in [0.717, 1.165) is 26.9 Å². The first-order valence-corrected chi connectivity index (χ1v) is 7.49. The average molecular weight is 329 g/mol. The molecule has 0 bridgehead atoms. The van der Waals surface area contributed by atoms with Crippen LogP contribution in [0.15, 0.2) is 28.2 Å². The maximum absolute atomic E-state index is 5.70. The highest BCUT2D eigenvalue weighted by Crippen LogP contribution is 2.30. The Labute approximate surface area is 135 Å². The van der Waals surface area contributed by atoms with Gasteiger partial charge >= 0.3 is 0 Å². The van der Waals surface area contributed by atoms with E-state index in [1.807, 2.05) is 32.0 Å². The van der Waals surface area contributed by atoms with Crippen LogP contribution in [-0.2, 0) is 0 Å². The van der Waals surface area contributed by atoms with Crippen LogP contribution in [0.1, 0.15) is 11.4 Å². The fraction of sp³-hybridized carbons (Fsp3) is 0.154. The zero-order valence-electron chi connectivity index (χ0n) is 12.6. The van der Waals surface area contributed by atoms with Gasteiger partial charge in [0.2, 0.25) is 10.9 Å². The molecule has 0 aliphatic rings. The van der Waals surface area contributed by atoms with Gasteiger partial charge in [-0.3, -0.25) is 0 Å². The van der Waals surface area contributed by atoms with E-state index in [1.54, 1.807) is 4.52 Å².